The lowest BCUT2D eigenvalue weighted by Gasteiger charge is -2.10. The van der Waals surface area contributed by atoms with E-state index in [1.54, 1.807) is 55.6 Å². The molecule has 2 N–H and O–H groups in total. The van der Waals surface area contributed by atoms with Crippen molar-refractivity contribution >= 4 is 23.2 Å². The van der Waals surface area contributed by atoms with E-state index in [0.717, 1.165) is 18.6 Å². The Bertz CT molecular complexity index is 729. The van der Waals surface area contributed by atoms with Gasteiger partial charge in [0.1, 0.15) is 11.5 Å². The minimum absolute atomic E-state index is 0.0295. The summed E-state index contributed by atoms with van der Waals surface area (Å²) >= 11 is 0. The van der Waals surface area contributed by atoms with Crippen molar-refractivity contribution in [2.24, 2.45) is 0 Å². The van der Waals surface area contributed by atoms with Crippen LogP contribution in [0.25, 0.3) is 0 Å². The Labute approximate surface area is 153 Å². The summed E-state index contributed by atoms with van der Waals surface area (Å²) < 4.78 is 10.5. The number of unbranched alkanes of at least 4 members (excludes halogenated alkanes) is 1. The smallest absolute Gasteiger partial charge is 0.262 e. The number of methoxy groups -OCH3 is 1. The van der Waals surface area contributed by atoms with E-state index in [2.05, 4.69) is 10.6 Å². The van der Waals surface area contributed by atoms with E-state index in [1.165, 1.54) is 0 Å². The van der Waals surface area contributed by atoms with E-state index in [9.17, 15) is 9.59 Å². The predicted molar refractivity (Wildman–Crippen MR) is 102 cm³/mol. The van der Waals surface area contributed by atoms with E-state index in [1.807, 2.05) is 6.92 Å². The molecule has 138 valence electrons. The summed E-state index contributed by atoms with van der Waals surface area (Å²) in [6.45, 7) is 1.93. The van der Waals surface area contributed by atoms with Gasteiger partial charge < -0.3 is 20.1 Å². The SMILES string of the molecule is CCCCC(=O)Nc1cccc(NC(=O)COc2ccc(OC)cc2)c1. The first-order valence-corrected chi connectivity index (χ1v) is 8.57. The molecule has 2 rings (SSSR count). The van der Waals surface area contributed by atoms with Crippen LogP contribution in [0.3, 0.4) is 0 Å². The second-order valence-electron chi connectivity index (χ2n) is 5.74. The molecule has 6 nitrogen and oxygen atoms in total. The molecule has 0 bridgehead atoms. The summed E-state index contributed by atoms with van der Waals surface area (Å²) in [5, 5.41) is 5.58. The van der Waals surface area contributed by atoms with Crippen LogP contribution in [0, 0.1) is 0 Å². The van der Waals surface area contributed by atoms with Crippen molar-refractivity contribution in [3.05, 3.63) is 48.5 Å². The van der Waals surface area contributed by atoms with Crippen LogP contribution in [0.2, 0.25) is 0 Å². The molecule has 0 spiro atoms. The molecule has 0 atom stereocenters. The largest absolute Gasteiger partial charge is 0.497 e. The Morgan fingerprint density at radius 1 is 0.923 bits per heavy atom. The molecule has 0 saturated heterocycles. The second-order valence-corrected chi connectivity index (χ2v) is 5.74. The lowest BCUT2D eigenvalue weighted by Crippen LogP contribution is -2.20. The first kappa shape index (κ1) is 19.3. The van der Waals surface area contributed by atoms with E-state index < -0.39 is 0 Å². The summed E-state index contributed by atoms with van der Waals surface area (Å²) in [7, 11) is 1.59. The normalized spacial score (nSPS) is 10.1. The average Bonchev–Trinajstić information content (AvgIpc) is 2.65. The van der Waals surface area contributed by atoms with Crippen molar-refractivity contribution in [2.75, 3.05) is 24.4 Å². The third-order valence-electron chi connectivity index (χ3n) is 3.62. The zero-order valence-corrected chi connectivity index (χ0v) is 15.1. The van der Waals surface area contributed by atoms with E-state index in [4.69, 9.17) is 9.47 Å². The molecule has 0 aliphatic carbocycles. The highest BCUT2D eigenvalue weighted by Crippen LogP contribution is 2.18. The van der Waals surface area contributed by atoms with Gasteiger partial charge in [-0.2, -0.15) is 0 Å². The van der Waals surface area contributed by atoms with Gasteiger partial charge in [-0.15, -0.1) is 0 Å². The fraction of sp³-hybridized carbons (Fsp3) is 0.300. The number of hydrogen-bond donors (Lipinski definition) is 2. The molecule has 0 radical (unpaired) electrons. The average molecular weight is 356 g/mol. The van der Waals surface area contributed by atoms with Gasteiger partial charge in [-0.25, -0.2) is 0 Å². The third-order valence-corrected chi connectivity index (χ3v) is 3.62. The molecule has 0 aliphatic rings. The Hall–Kier alpha value is -3.02. The quantitative estimate of drug-likeness (QED) is 0.716. The summed E-state index contributed by atoms with van der Waals surface area (Å²) in [5.41, 5.74) is 1.25. The lowest BCUT2D eigenvalue weighted by molar-refractivity contribution is -0.118. The number of hydrogen-bond acceptors (Lipinski definition) is 4. The number of rotatable bonds is 9. The zero-order chi connectivity index (χ0) is 18.8. The molecule has 2 aromatic rings. The fourth-order valence-corrected chi connectivity index (χ4v) is 2.25. The molecule has 0 saturated carbocycles. The van der Waals surface area contributed by atoms with Crippen LogP contribution in [-0.4, -0.2) is 25.5 Å². The summed E-state index contributed by atoms with van der Waals surface area (Å²) in [4.78, 5) is 23.8. The van der Waals surface area contributed by atoms with Gasteiger partial charge in [0.25, 0.3) is 5.91 Å². The van der Waals surface area contributed by atoms with Gasteiger partial charge in [0.05, 0.1) is 7.11 Å². The highest BCUT2D eigenvalue weighted by Gasteiger charge is 2.06. The van der Waals surface area contributed by atoms with Crippen molar-refractivity contribution < 1.29 is 19.1 Å². The van der Waals surface area contributed by atoms with Crippen molar-refractivity contribution in [1.82, 2.24) is 0 Å². The van der Waals surface area contributed by atoms with Crippen LogP contribution in [0.4, 0.5) is 11.4 Å². The highest BCUT2D eigenvalue weighted by atomic mass is 16.5. The van der Waals surface area contributed by atoms with Crippen molar-refractivity contribution in [3.8, 4) is 11.5 Å². The Balaban J connectivity index is 1.84. The highest BCUT2D eigenvalue weighted by molar-refractivity contribution is 5.94. The van der Waals surface area contributed by atoms with Gasteiger partial charge in [0.2, 0.25) is 5.91 Å². The molecule has 0 fully saturated rings. The lowest BCUT2D eigenvalue weighted by atomic mass is 10.2. The number of anilines is 2. The monoisotopic (exact) mass is 356 g/mol. The van der Waals surface area contributed by atoms with Crippen LogP contribution in [-0.2, 0) is 9.59 Å². The van der Waals surface area contributed by atoms with E-state index in [-0.39, 0.29) is 18.4 Å². The molecule has 0 heterocycles. The number of benzene rings is 2. The van der Waals surface area contributed by atoms with Gasteiger partial charge >= 0.3 is 0 Å². The van der Waals surface area contributed by atoms with Gasteiger partial charge in [0, 0.05) is 17.8 Å². The number of ether oxygens (including phenoxy) is 2. The van der Waals surface area contributed by atoms with Crippen LogP contribution in [0.5, 0.6) is 11.5 Å². The molecular weight excluding hydrogens is 332 g/mol. The molecule has 6 heteroatoms. The second kappa shape index (κ2) is 10.1. The van der Waals surface area contributed by atoms with Crippen LogP contribution < -0.4 is 20.1 Å². The van der Waals surface area contributed by atoms with Gasteiger partial charge in [0.15, 0.2) is 6.61 Å². The maximum atomic E-state index is 12.0. The minimum Gasteiger partial charge on any atom is -0.497 e. The van der Waals surface area contributed by atoms with Crippen molar-refractivity contribution in [2.45, 2.75) is 26.2 Å². The van der Waals surface area contributed by atoms with Crippen LogP contribution in [0.1, 0.15) is 26.2 Å². The molecule has 2 amide bonds. The topological polar surface area (TPSA) is 76.7 Å². The minimum atomic E-state index is -0.282. The van der Waals surface area contributed by atoms with E-state index in [0.29, 0.717) is 23.5 Å². The standard InChI is InChI=1S/C20H24N2O4/c1-3-4-8-19(23)21-15-6-5-7-16(13-15)22-20(24)14-26-18-11-9-17(25-2)10-12-18/h5-7,9-13H,3-4,8,14H2,1-2H3,(H,21,23)(H,22,24). The van der Waals surface area contributed by atoms with Crippen molar-refractivity contribution in [1.29, 1.82) is 0 Å². The number of amides is 2. The molecule has 0 aliphatic heterocycles. The van der Waals surface area contributed by atoms with Crippen molar-refractivity contribution in [3.63, 3.8) is 0 Å². The third kappa shape index (κ3) is 6.47. The summed E-state index contributed by atoms with van der Waals surface area (Å²) in [6, 6.07) is 14.0. The molecule has 2 aromatic carbocycles. The Morgan fingerprint density at radius 2 is 1.54 bits per heavy atom. The maximum absolute atomic E-state index is 12.0. The summed E-state index contributed by atoms with van der Waals surface area (Å²) in [6.07, 6.45) is 2.31. The summed E-state index contributed by atoms with van der Waals surface area (Å²) in [5.74, 6) is 0.992. The predicted octanol–water partition coefficient (Wildman–Crippen LogP) is 3.84. The first-order chi connectivity index (χ1) is 12.6. The van der Waals surface area contributed by atoms with E-state index >= 15 is 0 Å². The number of carbonyl (C=O) groups excluding carboxylic acids is 2. The number of carbonyl (C=O) groups is 2. The van der Waals surface area contributed by atoms with Gasteiger partial charge in [-0.3, -0.25) is 9.59 Å². The maximum Gasteiger partial charge on any atom is 0.262 e. The zero-order valence-electron chi connectivity index (χ0n) is 15.1. The molecule has 0 aromatic heterocycles. The molecule has 26 heavy (non-hydrogen) atoms. The van der Waals surface area contributed by atoms with Crippen LogP contribution in [0.15, 0.2) is 48.5 Å². The van der Waals surface area contributed by atoms with Gasteiger partial charge in [-0.05, 0) is 48.9 Å². The Kier molecular flexibility index (Phi) is 7.49. The molecular formula is C20H24N2O4. The molecule has 0 unspecified atom stereocenters. The Morgan fingerprint density at radius 3 is 2.15 bits per heavy atom. The van der Waals surface area contributed by atoms with Crippen LogP contribution >= 0.6 is 0 Å². The van der Waals surface area contributed by atoms with Gasteiger partial charge in [-0.1, -0.05) is 19.4 Å². The number of nitrogens with one attached hydrogen (secondary N) is 2. The fourth-order valence-electron chi connectivity index (χ4n) is 2.25. The first-order valence-electron chi connectivity index (χ1n) is 8.57.